The molecule has 25 heavy (non-hydrogen) atoms. The predicted octanol–water partition coefficient (Wildman–Crippen LogP) is 2.87. The zero-order chi connectivity index (χ0) is 18.0. The maximum Gasteiger partial charge on any atom is 0.266 e. The third-order valence-electron chi connectivity index (χ3n) is 3.45. The van der Waals surface area contributed by atoms with Gasteiger partial charge >= 0.3 is 0 Å². The largest absolute Gasteiger partial charge is 0.495 e. The molecule has 0 saturated heterocycles. The topological polar surface area (TPSA) is 80.8 Å². The molecular weight excluding hydrogens is 414 g/mol. The van der Waals surface area contributed by atoms with Crippen LogP contribution in [0.4, 0.5) is 11.5 Å². The minimum atomic E-state index is -0.385. The van der Waals surface area contributed by atoms with E-state index in [0.29, 0.717) is 32.6 Å². The molecule has 0 spiro atoms. The fourth-order valence-electron chi connectivity index (χ4n) is 2.31. The van der Waals surface area contributed by atoms with Gasteiger partial charge in [0.1, 0.15) is 16.9 Å². The van der Waals surface area contributed by atoms with E-state index in [-0.39, 0.29) is 25.0 Å². The van der Waals surface area contributed by atoms with Crippen molar-refractivity contribution in [2.75, 3.05) is 30.5 Å². The number of aromatic nitrogens is 1. The van der Waals surface area contributed by atoms with Crippen molar-refractivity contribution in [3.63, 3.8) is 0 Å². The number of amides is 2. The summed E-state index contributed by atoms with van der Waals surface area (Å²) in [4.78, 5) is 30.0. The zero-order valence-electron chi connectivity index (χ0n) is 13.1. The highest BCUT2D eigenvalue weighted by atomic mass is 79.9. The van der Waals surface area contributed by atoms with Crippen LogP contribution in [0.15, 0.2) is 34.9 Å². The molecule has 1 aliphatic rings. The van der Waals surface area contributed by atoms with Crippen molar-refractivity contribution in [1.29, 1.82) is 0 Å². The van der Waals surface area contributed by atoms with Gasteiger partial charge < -0.3 is 14.8 Å². The molecule has 130 valence electrons. The first-order valence-corrected chi connectivity index (χ1v) is 8.38. The summed E-state index contributed by atoms with van der Waals surface area (Å²) in [6.45, 7) is -0.333. The number of halogens is 2. The van der Waals surface area contributed by atoms with Crippen LogP contribution in [0.1, 0.15) is 0 Å². The molecule has 0 aliphatic carbocycles. The van der Waals surface area contributed by atoms with Crippen LogP contribution in [-0.2, 0) is 9.59 Å². The molecule has 1 N–H and O–H groups in total. The summed E-state index contributed by atoms with van der Waals surface area (Å²) in [7, 11) is 1.51. The Bertz CT molecular complexity index is 846. The summed E-state index contributed by atoms with van der Waals surface area (Å²) in [5.41, 5.74) is 0.499. The highest BCUT2D eigenvalue weighted by Gasteiger charge is 2.29. The number of carbonyl (C=O) groups excluding carboxylic acids is 2. The fraction of sp³-hybridized carbons (Fsp3) is 0.188. The first kappa shape index (κ1) is 17.5. The number of nitrogens with zero attached hydrogens (tertiary/aromatic N) is 2. The third-order valence-corrected chi connectivity index (χ3v) is 4.19. The quantitative estimate of drug-likeness (QED) is 0.761. The number of anilines is 2. The summed E-state index contributed by atoms with van der Waals surface area (Å²) in [5, 5.41) is 3.07. The van der Waals surface area contributed by atoms with Gasteiger partial charge in [0.2, 0.25) is 5.91 Å². The van der Waals surface area contributed by atoms with E-state index in [4.69, 9.17) is 21.1 Å². The third kappa shape index (κ3) is 3.85. The van der Waals surface area contributed by atoms with E-state index in [1.807, 2.05) is 0 Å². The Morgan fingerprint density at radius 3 is 2.96 bits per heavy atom. The maximum absolute atomic E-state index is 12.3. The second-order valence-electron chi connectivity index (χ2n) is 5.12. The number of nitrogens with one attached hydrogen (secondary N) is 1. The van der Waals surface area contributed by atoms with Gasteiger partial charge in [0.05, 0.1) is 12.1 Å². The van der Waals surface area contributed by atoms with Gasteiger partial charge in [-0.25, -0.2) is 4.98 Å². The van der Waals surface area contributed by atoms with Gasteiger partial charge in [-0.15, -0.1) is 0 Å². The van der Waals surface area contributed by atoms with Crippen LogP contribution in [-0.4, -0.2) is 37.1 Å². The lowest BCUT2D eigenvalue weighted by Crippen LogP contribution is -2.44. The van der Waals surface area contributed by atoms with Crippen LogP contribution in [0.5, 0.6) is 11.5 Å². The summed E-state index contributed by atoms with van der Waals surface area (Å²) in [5.74, 6) is 0.521. The van der Waals surface area contributed by atoms with Crippen molar-refractivity contribution < 1.29 is 19.1 Å². The van der Waals surface area contributed by atoms with Gasteiger partial charge in [-0.2, -0.15) is 0 Å². The Labute approximate surface area is 157 Å². The molecule has 0 saturated carbocycles. The SMILES string of the molecule is COc1ccc(NC(=O)CN2C(=O)COc3ccc(Br)nc32)cc1Cl. The van der Waals surface area contributed by atoms with Crippen LogP contribution >= 0.6 is 27.5 Å². The molecule has 3 rings (SSSR count). The molecule has 0 radical (unpaired) electrons. The van der Waals surface area contributed by atoms with Gasteiger partial charge in [-0.3, -0.25) is 14.5 Å². The molecule has 1 aromatic carbocycles. The predicted molar refractivity (Wildman–Crippen MR) is 96.4 cm³/mol. The Morgan fingerprint density at radius 2 is 2.24 bits per heavy atom. The van der Waals surface area contributed by atoms with Gasteiger partial charge in [-0.1, -0.05) is 11.6 Å². The fourth-order valence-corrected chi connectivity index (χ4v) is 2.86. The van der Waals surface area contributed by atoms with Crippen LogP contribution < -0.4 is 19.7 Å². The number of rotatable bonds is 4. The number of methoxy groups -OCH3 is 1. The monoisotopic (exact) mass is 425 g/mol. The van der Waals surface area contributed by atoms with E-state index in [1.165, 1.54) is 12.0 Å². The minimum absolute atomic E-state index is 0.141. The standard InChI is InChI=1S/C16H13BrClN3O4/c1-24-11-3-2-9(6-10(11)18)19-14(22)7-21-15(23)8-25-12-4-5-13(17)20-16(12)21/h2-6H,7-8H2,1H3,(H,19,22). The molecule has 2 amide bonds. The Kier molecular flexibility index (Phi) is 5.10. The summed E-state index contributed by atoms with van der Waals surface area (Å²) in [6.07, 6.45) is 0. The van der Waals surface area contributed by atoms with E-state index in [2.05, 4.69) is 26.2 Å². The van der Waals surface area contributed by atoms with Crippen LogP contribution in [0.25, 0.3) is 0 Å². The smallest absolute Gasteiger partial charge is 0.266 e. The summed E-state index contributed by atoms with van der Waals surface area (Å²) < 4.78 is 10.9. The van der Waals surface area contributed by atoms with Crippen molar-refractivity contribution in [3.8, 4) is 11.5 Å². The first-order chi connectivity index (χ1) is 12.0. The molecule has 0 bridgehead atoms. The second-order valence-corrected chi connectivity index (χ2v) is 6.34. The van der Waals surface area contributed by atoms with Gasteiger partial charge in [-0.05, 0) is 46.3 Å². The number of carbonyl (C=O) groups is 2. The van der Waals surface area contributed by atoms with Crippen molar-refractivity contribution >= 4 is 50.9 Å². The van der Waals surface area contributed by atoms with Crippen LogP contribution in [0, 0.1) is 0 Å². The van der Waals surface area contributed by atoms with Crippen molar-refractivity contribution in [2.24, 2.45) is 0 Å². The molecule has 2 heterocycles. The van der Waals surface area contributed by atoms with E-state index in [0.717, 1.165) is 0 Å². The second kappa shape index (κ2) is 7.28. The number of hydrogen-bond acceptors (Lipinski definition) is 5. The molecule has 7 nitrogen and oxygen atoms in total. The van der Waals surface area contributed by atoms with Crippen molar-refractivity contribution in [2.45, 2.75) is 0 Å². The normalized spacial score (nSPS) is 13.1. The molecule has 9 heteroatoms. The summed E-state index contributed by atoms with van der Waals surface area (Å²) in [6, 6.07) is 8.26. The number of benzene rings is 1. The molecule has 1 aromatic heterocycles. The van der Waals surface area contributed by atoms with Crippen molar-refractivity contribution in [3.05, 3.63) is 40.0 Å². The molecule has 1 aliphatic heterocycles. The number of hydrogen-bond donors (Lipinski definition) is 1. The minimum Gasteiger partial charge on any atom is -0.495 e. The van der Waals surface area contributed by atoms with Gasteiger partial charge in [0, 0.05) is 5.69 Å². The van der Waals surface area contributed by atoms with E-state index in [1.54, 1.807) is 30.3 Å². The Hall–Kier alpha value is -2.32. The van der Waals surface area contributed by atoms with Gasteiger partial charge in [0.15, 0.2) is 18.2 Å². The average Bonchev–Trinajstić information content (AvgIpc) is 2.58. The van der Waals surface area contributed by atoms with E-state index < -0.39 is 0 Å². The lowest BCUT2D eigenvalue weighted by Gasteiger charge is -2.27. The highest BCUT2D eigenvalue weighted by molar-refractivity contribution is 9.10. The number of fused-ring (bicyclic) bond motifs is 1. The van der Waals surface area contributed by atoms with E-state index in [9.17, 15) is 9.59 Å². The number of ether oxygens (including phenoxy) is 2. The Morgan fingerprint density at radius 1 is 1.44 bits per heavy atom. The molecule has 0 unspecified atom stereocenters. The maximum atomic E-state index is 12.3. The van der Waals surface area contributed by atoms with Crippen molar-refractivity contribution in [1.82, 2.24) is 4.98 Å². The number of pyridine rings is 1. The van der Waals surface area contributed by atoms with Crippen LogP contribution in [0.2, 0.25) is 5.02 Å². The van der Waals surface area contributed by atoms with Gasteiger partial charge in [0.25, 0.3) is 5.91 Å². The van der Waals surface area contributed by atoms with Crippen LogP contribution in [0.3, 0.4) is 0 Å². The Balaban J connectivity index is 1.76. The molecule has 0 atom stereocenters. The lowest BCUT2D eigenvalue weighted by molar-refractivity contribution is -0.123. The summed E-state index contributed by atoms with van der Waals surface area (Å²) >= 11 is 9.29. The lowest BCUT2D eigenvalue weighted by atomic mass is 10.3. The zero-order valence-corrected chi connectivity index (χ0v) is 15.4. The molecule has 2 aromatic rings. The van der Waals surface area contributed by atoms with E-state index >= 15 is 0 Å². The highest BCUT2D eigenvalue weighted by Crippen LogP contribution is 2.31. The first-order valence-electron chi connectivity index (χ1n) is 7.21. The molecular formula is C16H13BrClN3O4. The molecule has 0 fully saturated rings. The average molecular weight is 427 g/mol.